The Bertz CT molecular complexity index is 698. The largest absolute Gasteiger partial charge is 0.394 e. The zero-order valence-corrected chi connectivity index (χ0v) is 18.6. The first-order valence-corrected chi connectivity index (χ1v) is 10.1. The summed E-state index contributed by atoms with van der Waals surface area (Å²) < 4.78 is 19.6. The zero-order valence-electron chi connectivity index (χ0n) is 18.6. The molecule has 0 aromatic heterocycles. The summed E-state index contributed by atoms with van der Waals surface area (Å²) in [5.41, 5.74) is 0.388. The fourth-order valence-electron chi connectivity index (χ4n) is 2.83. The molecular formula is C20H32O14. The molecule has 2 fully saturated rings. The zero-order chi connectivity index (χ0) is 26.3. The summed E-state index contributed by atoms with van der Waals surface area (Å²) in [5, 5.41) is 76.5. The first-order valence-electron chi connectivity index (χ1n) is 10.1. The molecule has 10 atom stereocenters. The van der Waals surface area contributed by atoms with Gasteiger partial charge in [0, 0.05) is 11.1 Å². The highest BCUT2D eigenvalue weighted by Gasteiger charge is 2.50. The van der Waals surface area contributed by atoms with Gasteiger partial charge in [0.05, 0.1) is 13.2 Å². The van der Waals surface area contributed by atoms with Crippen LogP contribution in [-0.4, -0.2) is 127 Å². The summed E-state index contributed by atoms with van der Waals surface area (Å²) in [6.45, 7) is 8.21. The van der Waals surface area contributed by atoms with Gasteiger partial charge >= 0.3 is 11.9 Å². The standard InChI is InChI=1S/C12H22O11.C8H10O3/c13-1-3-5(15)6(16)9(19)12(22-3)23-10-4(2-14)21-11(20)8(18)7(10)17;1-5(2)7(9)11-8(10)6(3)4/h3-20H,1-2H2;1,3H2,2,4H3/t3-,4-,5+,6+,7-,8-,9-,10-,11-,12+;/m1./s1. The Balaban J connectivity index is 0.000000445. The first-order chi connectivity index (χ1) is 15.8. The van der Waals surface area contributed by atoms with Gasteiger partial charge in [0.25, 0.3) is 0 Å². The Kier molecular flexibility index (Phi) is 11.8. The van der Waals surface area contributed by atoms with E-state index in [2.05, 4.69) is 17.9 Å². The highest BCUT2D eigenvalue weighted by atomic mass is 16.7. The Morgan fingerprint density at radius 1 is 0.735 bits per heavy atom. The molecule has 0 aliphatic carbocycles. The Morgan fingerprint density at radius 2 is 1.24 bits per heavy atom. The SMILES string of the molecule is C=C(C)C(=O)OC(=O)C(=C)C.OC[C@H]1O[C@@H](O[C@H]2[C@H](O)[C@@H](O)[C@H](O)O[C@@H]2CO)[C@H](O)[C@@H](O)[C@H]1O. The van der Waals surface area contributed by atoms with Crippen LogP contribution in [0.25, 0.3) is 0 Å². The molecule has 2 aliphatic rings. The van der Waals surface area contributed by atoms with Crippen molar-refractivity contribution in [2.45, 2.75) is 75.3 Å². The molecule has 0 aromatic rings. The second-order valence-electron chi connectivity index (χ2n) is 7.76. The van der Waals surface area contributed by atoms with Gasteiger partial charge in [0.1, 0.15) is 48.8 Å². The van der Waals surface area contributed by atoms with Crippen LogP contribution in [0.1, 0.15) is 13.8 Å². The van der Waals surface area contributed by atoms with Gasteiger partial charge in [-0.3, -0.25) is 0 Å². The summed E-state index contributed by atoms with van der Waals surface area (Å²) >= 11 is 0. The molecule has 14 heteroatoms. The maximum absolute atomic E-state index is 10.7. The van der Waals surface area contributed by atoms with Crippen LogP contribution in [0.15, 0.2) is 24.3 Å². The summed E-state index contributed by atoms with van der Waals surface area (Å²) in [4.78, 5) is 21.3. The fourth-order valence-corrected chi connectivity index (χ4v) is 2.83. The molecule has 0 saturated carbocycles. The monoisotopic (exact) mass is 496 g/mol. The summed E-state index contributed by atoms with van der Waals surface area (Å²) in [7, 11) is 0. The number of aliphatic hydroxyl groups is 8. The van der Waals surface area contributed by atoms with Crippen molar-refractivity contribution < 1.29 is 69.4 Å². The van der Waals surface area contributed by atoms with E-state index in [0.29, 0.717) is 0 Å². The molecule has 2 heterocycles. The predicted octanol–water partition coefficient (Wildman–Crippen LogP) is -4.19. The van der Waals surface area contributed by atoms with Crippen molar-refractivity contribution >= 4 is 11.9 Å². The molecule has 0 spiro atoms. The molecule has 8 N–H and O–H groups in total. The molecule has 0 aromatic carbocycles. The molecule has 2 saturated heterocycles. The minimum absolute atomic E-state index is 0.194. The highest BCUT2D eigenvalue weighted by molar-refractivity contribution is 6.00. The van der Waals surface area contributed by atoms with Crippen LogP contribution in [0.3, 0.4) is 0 Å². The predicted molar refractivity (Wildman–Crippen MR) is 109 cm³/mol. The van der Waals surface area contributed by atoms with Gasteiger partial charge < -0.3 is 59.8 Å². The Morgan fingerprint density at radius 3 is 1.68 bits per heavy atom. The van der Waals surface area contributed by atoms with Gasteiger partial charge in [0.2, 0.25) is 0 Å². The number of hydrogen-bond acceptors (Lipinski definition) is 14. The molecular weight excluding hydrogens is 464 g/mol. The summed E-state index contributed by atoms with van der Waals surface area (Å²) in [6.07, 6.45) is -15.6. The van der Waals surface area contributed by atoms with Gasteiger partial charge in [-0.2, -0.15) is 0 Å². The molecule has 34 heavy (non-hydrogen) atoms. The summed E-state index contributed by atoms with van der Waals surface area (Å²) in [5.74, 6) is -1.42. The molecule has 14 nitrogen and oxygen atoms in total. The van der Waals surface area contributed by atoms with Crippen LogP contribution in [0.4, 0.5) is 0 Å². The Labute approximate surface area is 194 Å². The minimum atomic E-state index is -1.74. The third kappa shape index (κ3) is 7.59. The lowest BCUT2D eigenvalue weighted by Gasteiger charge is -2.45. The van der Waals surface area contributed by atoms with Gasteiger partial charge in [0.15, 0.2) is 12.6 Å². The minimum Gasteiger partial charge on any atom is -0.394 e. The lowest BCUT2D eigenvalue weighted by atomic mass is 9.97. The van der Waals surface area contributed by atoms with Crippen LogP contribution in [-0.2, 0) is 28.5 Å². The number of carbonyl (C=O) groups is 2. The topological polar surface area (TPSA) is 233 Å². The number of esters is 2. The number of aliphatic hydroxyl groups excluding tert-OH is 8. The van der Waals surface area contributed by atoms with Crippen molar-refractivity contribution in [3.8, 4) is 0 Å². The van der Waals surface area contributed by atoms with E-state index >= 15 is 0 Å². The van der Waals surface area contributed by atoms with Gasteiger partial charge in [-0.1, -0.05) is 13.2 Å². The highest BCUT2D eigenvalue weighted by Crippen LogP contribution is 2.28. The second kappa shape index (κ2) is 13.3. The number of hydrogen-bond donors (Lipinski definition) is 8. The van der Waals surface area contributed by atoms with Crippen molar-refractivity contribution in [3.05, 3.63) is 24.3 Å². The van der Waals surface area contributed by atoms with E-state index in [4.69, 9.17) is 19.3 Å². The molecule has 0 amide bonds. The van der Waals surface area contributed by atoms with Gasteiger partial charge in [-0.05, 0) is 13.8 Å². The maximum atomic E-state index is 10.7. The lowest BCUT2D eigenvalue weighted by Crippen LogP contribution is -2.64. The van der Waals surface area contributed by atoms with Crippen LogP contribution in [0, 0.1) is 0 Å². The van der Waals surface area contributed by atoms with E-state index in [-0.39, 0.29) is 11.1 Å². The van der Waals surface area contributed by atoms with Crippen LogP contribution < -0.4 is 0 Å². The molecule has 196 valence electrons. The van der Waals surface area contributed by atoms with Crippen LogP contribution in [0.5, 0.6) is 0 Å². The third-order valence-corrected chi connectivity index (χ3v) is 4.86. The average Bonchev–Trinajstić information content (AvgIpc) is 2.79. The van der Waals surface area contributed by atoms with Gasteiger partial charge in [-0.25, -0.2) is 9.59 Å². The van der Waals surface area contributed by atoms with Crippen molar-refractivity contribution in [2.75, 3.05) is 13.2 Å². The van der Waals surface area contributed by atoms with E-state index in [0.717, 1.165) is 0 Å². The molecule has 0 unspecified atom stereocenters. The van der Waals surface area contributed by atoms with Crippen molar-refractivity contribution in [1.29, 1.82) is 0 Å². The maximum Gasteiger partial charge on any atom is 0.340 e. The quantitative estimate of drug-likeness (QED) is 0.0990. The molecule has 2 aliphatic heterocycles. The Hall–Kier alpha value is -1.82. The van der Waals surface area contributed by atoms with Crippen molar-refractivity contribution in [2.24, 2.45) is 0 Å². The molecule has 0 bridgehead atoms. The van der Waals surface area contributed by atoms with E-state index in [9.17, 15) is 45.3 Å². The smallest absolute Gasteiger partial charge is 0.340 e. The first kappa shape index (κ1) is 30.2. The molecule has 2 rings (SSSR count). The second-order valence-corrected chi connectivity index (χ2v) is 7.76. The van der Waals surface area contributed by atoms with Crippen molar-refractivity contribution in [3.63, 3.8) is 0 Å². The number of carbonyl (C=O) groups excluding carboxylic acids is 2. The van der Waals surface area contributed by atoms with E-state index in [1.54, 1.807) is 0 Å². The lowest BCUT2D eigenvalue weighted by molar-refractivity contribution is -0.355. The number of rotatable bonds is 6. The summed E-state index contributed by atoms with van der Waals surface area (Å²) in [6, 6.07) is 0. The number of ether oxygens (including phenoxy) is 4. The van der Waals surface area contributed by atoms with E-state index < -0.39 is 86.6 Å². The fraction of sp³-hybridized carbons (Fsp3) is 0.700. The van der Waals surface area contributed by atoms with Crippen LogP contribution >= 0.6 is 0 Å². The van der Waals surface area contributed by atoms with Crippen molar-refractivity contribution in [1.82, 2.24) is 0 Å². The average molecular weight is 496 g/mol. The normalized spacial score (nSPS) is 37.7. The van der Waals surface area contributed by atoms with E-state index in [1.165, 1.54) is 13.8 Å². The van der Waals surface area contributed by atoms with Crippen LogP contribution in [0.2, 0.25) is 0 Å². The van der Waals surface area contributed by atoms with E-state index in [1.807, 2.05) is 0 Å². The molecule has 0 radical (unpaired) electrons. The van der Waals surface area contributed by atoms with Gasteiger partial charge in [-0.15, -0.1) is 0 Å². The third-order valence-electron chi connectivity index (χ3n) is 4.86.